The first kappa shape index (κ1) is 28.0. The quantitative estimate of drug-likeness (QED) is 0.308. The number of amides is 1. The monoisotopic (exact) mass is 562 g/mol. The van der Waals surface area contributed by atoms with Crippen molar-refractivity contribution in [1.29, 1.82) is 0 Å². The van der Waals surface area contributed by atoms with Crippen molar-refractivity contribution in [2.75, 3.05) is 38.1 Å². The maximum Gasteiger partial charge on any atom is 0.260 e. The smallest absolute Gasteiger partial charge is 0.260 e. The molecule has 0 radical (unpaired) electrons. The molecule has 0 saturated heterocycles. The molecule has 1 aliphatic carbocycles. The van der Waals surface area contributed by atoms with Gasteiger partial charge in [0, 0.05) is 31.7 Å². The lowest BCUT2D eigenvalue weighted by Gasteiger charge is -2.30. The summed E-state index contributed by atoms with van der Waals surface area (Å²) in [6.45, 7) is 7.10. The van der Waals surface area contributed by atoms with Gasteiger partial charge in [-0.05, 0) is 62.3 Å². The zero-order valence-electron chi connectivity index (χ0n) is 21.7. The standard InChI is InChI=1S/C27H35ClN4O3S2/c1-4-31(5-2)18-19-32(27-29-25-23(28)12-9-13-24(25)36-27)26(33)20-14-16-22(17-15-20)37(34,35)30(3)21-10-7-6-8-11-21/h9,12-17,21H,4-8,10-11,18-19H2,1-3H3. The van der Waals surface area contributed by atoms with Crippen molar-refractivity contribution in [1.82, 2.24) is 14.2 Å². The molecule has 7 nitrogen and oxygen atoms in total. The van der Waals surface area contributed by atoms with Gasteiger partial charge in [0.15, 0.2) is 5.13 Å². The van der Waals surface area contributed by atoms with Gasteiger partial charge in [0.2, 0.25) is 10.0 Å². The Morgan fingerprint density at radius 1 is 1.03 bits per heavy atom. The lowest BCUT2D eigenvalue weighted by molar-refractivity contribution is 0.0983. The van der Waals surface area contributed by atoms with Crippen LogP contribution in [0.15, 0.2) is 47.4 Å². The number of aromatic nitrogens is 1. The first-order valence-corrected chi connectivity index (χ1v) is 15.6. The van der Waals surface area contributed by atoms with Gasteiger partial charge in [-0.1, -0.05) is 62.1 Å². The number of hydrogen-bond acceptors (Lipinski definition) is 6. The van der Waals surface area contributed by atoms with E-state index < -0.39 is 10.0 Å². The highest BCUT2D eigenvalue weighted by atomic mass is 35.5. The van der Waals surface area contributed by atoms with Crippen molar-refractivity contribution in [3.63, 3.8) is 0 Å². The molecule has 1 amide bonds. The van der Waals surface area contributed by atoms with Crippen molar-refractivity contribution >= 4 is 54.2 Å². The summed E-state index contributed by atoms with van der Waals surface area (Å²) >= 11 is 7.78. The predicted molar refractivity (Wildman–Crippen MR) is 152 cm³/mol. The third-order valence-electron chi connectivity index (χ3n) is 7.24. The van der Waals surface area contributed by atoms with Gasteiger partial charge in [0.1, 0.15) is 5.52 Å². The number of anilines is 1. The van der Waals surface area contributed by atoms with Crippen LogP contribution in [0.2, 0.25) is 5.02 Å². The zero-order valence-corrected chi connectivity index (χ0v) is 24.1. The molecule has 1 heterocycles. The number of para-hydroxylation sites is 1. The van der Waals surface area contributed by atoms with Gasteiger partial charge < -0.3 is 4.90 Å². The molecule has 0 aliphatic heterocycles. The molecule has 0 N–H and O–H groups in total. The molecule has 1 fully saturated rings. The first-order chi connectivity index (χ1) is 17.8. The molecule has 200 valence electrons. The van der Waals surface area contributed by atoms with E-state index in [1.165, 1.54) is 15.6 Å². The third kappa shape index (κ3) is 6.17. The fourth-order valence-corrected chi connectivity index (χ4v) is 7.52. The number of thiazole rings is 1. The number of nitrogens with zero attached hydrogens (tertiary/aromatic N) is 4. The van der Waals surface area contributed by atoms with Gasteiger partial charge in [-0.15, -0.1) is 0 Å². The van der Waals surface area contributed by atoms with Crippen molar-refractivity contribution in [3.05, 3.63) is 53.1 Å². The molecule has 1 saturated carbocycles. The molecule has 1 aromatic heterocycles. The Balaban J connectivity index is 1.60. The Hall–Kier alpha value is -2.04. The highest BCUT2D eigenvalue weighted by molar-refractivity contribution is 7.89. The molecule has 37 heavy (non-hydrogen) atoms. The Kier molecular flexibility index (Phi) is 9.24. The molecular formula is C27H35ClN4O3S2. The molecular weight excluding hydrogens is 528 g/mol. The number of benzene rings is 2. The van der Waals surface area contributed by atoms with Crippen LogP contribution >= 0.6 is 22.9 Å². The zero-order chi connectivity index (χ0) is 26.6. The number of fused-ring (bicyclic) bond motifs is 1. The second-order valence-electron chi connectivity index (χ2n) is 9.40. The average Bonchev–Trinajstić information content (AvgIpc) is 3.36. The Morgan fingerprint density at radius 2 is 1.70 bits per heavy atom. The van der Waals surface area contributed by atoms with E-state index >= 15 is 0 Å². The van der Waals surface area contributed by atoms with Gasteiger partial charge in [0.25, 0.3) is 5.91 Å². The minimum Gasteiger partial charge on any atom is -0.302 e. The molecule has 10 heteroatoms. The molecule has 0 spiro atoms. The summed E-state index contributed by atoms with van der Waals surface area (Å²) in [5.41, 5.74) is 1.10. The molecule has 1 aliphatic rings. The molecule has 4 rings (SSSR count). The Morgan fingerprint density at radius 3 is 2.32 bits per heavy atom. The fourth-order valence-electron chi connectivity index (χ4n) is 4.82. The lowest BCUT2D eigenvalue weighted by atomic mass is 9.96. The maximum absolute atomic E-state index is 13.7. The van der Waals surface area contributed by atoms with Crippen LogP contribution in [-0.4, -0.2) is 67.8 Å². The van der Waals surface area contributed by atoms with Gasteiger partial charge >= 0.3 is 0 Å². The average molecular weight is 563 g/mol. The predicted octanol–water partition coefficient (Wildman–Crippen LogP) is 5.89. The molecule has 2 aromatic carbocycles. The summed E-state index contributed by atoms with van der Waals surface area (Å²) < 4.78 is 28.9. The van der Waals surface area contributed by atoms with E-state index in [0.29, 0.717) is 34.3 Å². The number of halogens is 1. The topological polar surface area (TPSA) is 73.8 Å². The van der Waals surface area contributed by atoms with Crippen LogP contribution in [0, 0.1) is 0 Å². The summed E-state index contributed by atoms with van der Waals surface area (Å²) in [5, 5.41) is 1.13. The largest absolute Gasteiger partial charge is 0.302 e. The van der Waals surface area contributed by atoms with Crippen LogP contribution in [0.25, 0.3) is 10.2 Å². The Labute approximate surface area is 229 Å². The number of likely N-dealkylation sites (N-methyl/N-ethyl adjacent to an activating group) is 1. The van der Waals surface area contributed by atoms with Crippen molar-refractivity contribution < 1.29 is 13.2 Å². The minimum absolute atomic E-state index is 0.0292. The summed E-state index contributed by atoms with van der Waals surface area (Å²) in [5.74, 6) is -0.216. The Bertz CT molecular complexity index is 1320. The minimum atomic E-state index is -3.63. The highest BCUT2D eigenvalue weighted by Gasteiger charge is 2.29. The van der Waals surface area contributed by atoms with Crippen LogP contribution in [0.4, 0.5) is 5.13 Å². The molecule has 3 aromatic rings. The van der Waals surface area contributed by atoms with E-state index in [9.17, 15) is 13.2 Å². The van der Waals surface area contributed by atoms with Crippen LogP contribution in [-0.2, 0) is 10.0 Å². The number of sulfonamides is 1. The first-order valence-electron chi connectivity index (χ1n) is 12.9. The second kappa shape index (κ2) is 12.2. The van der Waals surface area contributed by atoms with Crippen LogP contribution in [0.1, 0.15) is 56.3 Å². The van der Waals surface area contributed by atoms with E-state index in [1.54, 1.807) is 42.3 Å². The summed E-state index contributed by atoms with van der Waals surface area (Å²) in [6.07, 6.45) is 5.04. The van der Waals surface area contributed by atoms with Gasteiger partial charge in [0.05, 0.1) is 14.6 Å². The normalized spacial score (nSPS) is 15.1. The summed E-state index contributed by atoms with van der Waals surface area (Å²) in [6, 6.07) is 11.9. The van der Waals surface area contributed by atoms with Crippen molar-refractivity contribution in [2.24, 2.45) is 0 Å². The van der Waals surface area contributed by atoms with E-state index in [1.807, 2.05) is 12.1 Å². The molecule has 0 bridgehead atoms. The van der Waals surface area contributed by atoms with Gasteiger partial charge in [-0.25, -0.2) is 13.4 Å². The maximum atomic E-state index is 13.7. The SMILES string of the molecule is CCN(CC)CCN(C(=O)c1ccc(S(=O)(=O)N(C)C2CCCCC2)cc1)c1nc2c(Cl)cccc2s1. The number of hydrogen-bond donors (Lipinski definition) is 0. The lowest BCUT2D eigenvalue weighted by Crippen LogP contribution is -2.39. The second-order valence-corrected chi connectivity index (χ2v) is 12.8. The summed E-state index contributed by atoms with van der Waals surface area (Å²) in [7, 11) is -1.96. The highest BCUT2D eigenvalue weighted by Crippen LogP contribution is 2.33. The van der Waals surface area contributed by atoms with Crippen LogP contribution in [0.5, 0.6) is 0 Å². The number of carbonyl (C=O) groups excluding carboxylic acids is 1. The van der Waals surface area contributed by atoms with E-state index in [0.717, 1.165) is 49.9 Å². The van der Waals surface area contributed by atoms with Gasteiger partial charge in [-0.3, -0.25) is 9.69 Å². The molecule has 0 unspecified atom stereocenters. The van der Waals surface area contributed by atoms with Crippen molar-refractivity contribution in [2.45, 2.75) is 56.9 Å². The van der Waals surface area contributed by atoms with Crippen LogP contribution < -0.4 is 4.90 Å². The fraction of sp³-hybridized carbons (Fsp3) is 0.481. The number of rotatable bonds is 10. The van der Waals surface area contributed by atoms with Gasteiger partial charge in [-0.2, -0.15) is 4.31 Å². The molecule has 0 atom stereocenters. The number of carbonyl (C=O) groups is 1. The van der Waals surface area contributed by atoms with Crippen molar-refractivity contribution in [3.8, 4) is 0 Å². The van der Waals surface area contributed by atoms with E-state index in [-0.39, 0.29) is 16.8 Å². The summed E-state index contributed by atoms with van der Waals surface area (Å²) in [4.78, 5) is 22.5. The van der Waals surface area contributed by atoms with E-state index in [2.05, 4.69) is 18.7 Å². The third-order valence-corrected chi connectivity index (χ3v) is 10.5. The van der Waals surface area contributed by atoms with E-state index in [4.69, 9.17) is 16.6 Å². The van der Waals surface area contributed by atoms with Crippen LogP contribution in [0.3, 0.4) is 0 Å².